The van der Waals surface area contributed by atoms with Crippen LogP contribution in [0.4, 0.5) is 4.79 Å². The first kappa shape index (κ1) is 17.1. The minimum Gasteiger partial charge on any atom is -0.480 e. The Bertz CT molecular complexity index is 337. The molecule has 1 aliphatic rings. The van der Waals surface area contributed by atoms with E-state index < -0.39 is 18.0 Å². The summed E-state index contributed by atoms with van der Waals surface area (Å²) in [7, 11) is 2.06. The standard InChI is InChI=1S/C13H25N3O3S/c1-9(16(2)10-4-5-10)8-14-13(19)15-11(12(17)18)6-7-20-3/h9-11H,4-8H2,1-3H3,(H,17,18)(H2,14,15,19). The monoisotopic (exact) mass is 303 g/mol. The molecule has 0 aliphatic heterocycles. The number of rotatable bonds is 9. The zero-order valence-electron chi connectivity index (χ0n) is 12.4. The van der Waals surface area contributed by atoms with Gasteiger partial charge in [-0.1, -0.05) is 0 Å². The fraction of sp³-hybridized carbons (Fsp3) is 0.846. The SMILES string of the molecule is CSCCC(NC(=O)NCC(C)N(C)C1CC1)C(=O)O. The van der Waals surface area contributed by atoms with Crippen LogP contribution >= 0.6 is 11.8 Å². The molecule has 0 aromatic heterocycles. The highest BCUT2D eigenvalue weighted by atomic mass is 32.2. The van der Waals surface area contributed by atoms with Gasteiger partial charge in [0.05, 0.1) is 0 Å². The second-order valence-electron chi connectivity index (χ2n) is 5.27. The lowest BCUT2D eigenvalue weighted by Gasteiger charge is -2.25. The molecule has 1 fully saturated rings. The Balaban J connectivity index is 2.27. The molecule has 0 aromatic carbocycles. The summed E-state index contributed by atoms with van der Waals surface area (Å²) in [5, 5.41) is 14.3. The van der Waals surface area contributed by atoms with Gasteiger partial charge in [0, 0.05) is 18.6 Å². The summed E-state index contributed by atoms with van der Waals surface area (Å²) in [6.45, 7) is 2.58. The maximum atomic E-state index is 11.7. The van der Waals surface area contributed by atoms with Crippen molar-refractivity contribution in [3.05, 3.63) is 0 Å². The Morgan fingerprint density at radius 2 is 2.10 bits per heavy atom. The molecule has 1 rings (SSSR count). The molecule has 1 saturated carbocycles. The highest BCUT2D eigenvalue weighted by Gasteiger charge is 2.29. The van der Waals surface area contributed by atoms with Crippen molar-refractivity contribution in [1.29, 1.82) is 0 Å². The number of carbonyl (C=O) groups excluding carboxylic acids is 1. The van der Waals surface area contributed by atoms with E-state index in [1.165, 1.54) is 12.8 Å². The van der Waals surface area contributed by atoms with Gasteiger partial charge in [-0.05, 0) is 45.2 Å². The van der Waals surface area contributed by atoms with Crippen molar-refractivity contribution in [3.8, 4) is 0 Å². The van der Waals surface area contributed by atoms with Crippen LogP contribution in [-0.2, 0) is 4.79 Å². The number of urea groups is 1. The Kier molecular flexibility index (Phi) is 7.15. The van der Waals surface area contributed by atoms with Crippen molar-refractivity contribution in [2.24, 2.45) is 0 Å². The van der Waals surface area contributed by atoms with Gasteiger partial charge < -0.3 is 15.7 Å². The van der Waals surface area contributed by atoms with E-state index in [0.29, 0.717) is 24.8 Å². The molecule has 2 unspecified atom stereocenters. The van der Waals surface area contributed by atoms with E-state index in [2.05, 4.69) is 29.5 Å². The highest BCUT2D eigenvalue weighted by molar-refractivity contribution is 7.98. The molecule has 0 radical (unpaired) electrons. The van der Waals surface area contributed by atoms with E-state index >= 15 is 0 Å². The topological polar surface area (TPSA) is 81.7 Å². The van der Waals surface area contributed by atoms with Gasteiger partial charge in [0.25, 0.3) is 0 Å². The van der Waals surface area contributed by atoms with E-state index in [1.807, 2.05) is 6.26 Å². The molecule has 6 nitrogen and oxygen atoms in total. The number of aliphatic carboxylic acids is 1. The van der Waals surface area contributed by atoms with E-state index in [4.69, 9.17) is 5.11 Å². The third-order valence-electron chi connectivity index (χ3n) is 3.59. The molecular formula is C13H25N3O3S. The number of carboxylic acid groups (broad SMARTS) is 1. The summed E-state index contributed by atoms with van der Waals surface area (Å²) >= 11 is 1.57. The van der Waals surface area contributed by atoms with Gasteiger partial charge >= 0.3 is 12.0 Å². The van der Waals surface area contributed by atoms with E-state index in [1.54, 1.807) is 11.8 Å². The molecule has 3 N–H and O–H groups in total. The molecule has 0 aromatic rings. The maximum absolute atomic E-state index is 11.7. The Morgan fingerprint density at radius 1 is 1.45 bits per heavy atom. The van der Waals surface area contributed by atoms with Crippen LogP contribution in [0.25, 0.3) is 0 Å². The Labute approximate surface area is 124 Å². The predicted molar refractivity (Wildman–Crippen MR) is 81.2 cm³/mol. The van der Waals surface area contributed by atoms with Crippen LogP contribution < -0.4 is 10.6 Å². The summed E-state index contributed by atoms with van der Waals surface area (Å²) < 4.78 is 0. The molecular weight excluding hydrogens is 278 g/mol. The Hall–Kier alpha value is -0.950. The van der Waals surface area contributed by atoms with Crippen molar-refractivity contribution >= 4 is 23.8 Å². The Morgan fingerprint density at radius 3 is 2.60 bits per heavy atom. The molecule has 2 amide bonds. The average Bonchev–Trinajstić information content (AvgIpc) is 3.23. The number of thioether (sulfide) groups is 1. The second kappa shape index (κ2) is 8.36. The van der Waals surface area contributed by atoms with Crippen LogP contribution in [0.2, 0.25) is 0 Å². The fourth-order valence-electron chi connectivity index (χ4n) is 1.93. The second-order valence-corrected chi connectivity index (χ2v) is 6.26. The van der Waals surface area contributed by atoms with Crippen molar-refractivity contribution in [3.63, 3.8) is 0 Å². The van der Waals surface area contributed by atoms with Crippen molar-refractivity contribution in [2.75, 3.05) is 25.6 Å². The van der Waals surface area contributed by atoms with Gasteiger partial charge in [-0.3, -0.25) is 4.90 Å². The molecule has 116 valence electrons. The van der Waals surface area contributed by atoms with Crippen LogP contribution in [0.15, 0.2) is 0 Å². The zero-order chi connectivity index (χ0) is 15.1. The smallest absolute Gasteiger partial charge is 0.326 e. The third kappa shape index (κ3) is 6.00. The zero-order valence-corrected chi connectivity index (χ0v) is 13.2. The van der Waals surface area contributed by atoms with Crippen molar-refractivity contribution in [1.82, 2.24) is 15.5 Å². The lowest BCUT2D eigenvalue weighted by molar-refractivity contribution is -0.139. The average molecular weight is 303 g/mol. The minimum absolute atomic E-state index is 0.253. The fourth-order valence-corrected chi connectivity index (χ4v) is 2.40. The number of carbonyl (C=O) groups is 2. The summed E-state index contributed by atoms with van der Waals surface area (Å²) in [6, 6.07) is -0.334. The van der Waals surface area contributed by atoms with E-state index in [-0.39, 0.29) is 6.04 Å². The van der Waals surface area contributed by atoms with Gasteiger partial charge in [0.1, 0.15) is 6.04 Å². The predicted octanol–water partition coefficient (Wildman–Crippen LogP) is 0.975. The van der Waals surface area contributed by atoms with Crippen molar-refractivity contribution < 1.29 is 14.7 Å². The van der Waals surface area contributed by atoms with Crippen LogP contribution in [0, 0.1) is 0 Å². The lowest BCUT2D eigenvalue weighted by Crippen LogP contribution is -2.49. The lowest BCUT2D eigenvalue weighted by atomic mass is 10.2. The van der Waals surface area contributed by atoms with Gasteiger partial charge in [0.15, 0.2) is 0 Å². The first-order chi connectivity index (χ1) is 9.45. The number of nitrogens with one attached hydrogen (secondary N) is 2. The van der Waals surface area contributed by atoms with Crippen LogP contribution in [-0.4, -0.2) is 65.7 Å². The highest BCUT2D eigenvalue weighted by Crippen LogP contribution is 2.26. The van der Waals surface area contributed by atoms with Crippen LogP contribution in [0.3, 0.4) is 0 Å². The van der Waals surface area contributed by atoms with E-state index in [9.17, 15) is 9.59 Å². The van der Waals surface area contributed by atoms with Crippen molar-refractivity contribution in [2.45, 2.75) is 44.3 Å². The number of amides is 2. The third-order valence-corrected chi connectivity index (χ3v) is 4.23. The molecule has 1 aliphatic carbocycles. The summed E-state index contributed by atoms with van der Waals surface area (Å²) in [6.07, 6.45) is 4.79. The number of hydrogen-bond donors (Lipinski definition) is 3. The molecule has 20 heavy (non-hydrogen) atoms. The van der Waals surface area contributed by atoms with Crippen LogP contribution in [0.5, 0.6) is 0 Å². The van der Waals surface area contributed by atoms with Gasteiger partial charge in [-0.15, -0.1) is 0 Å². The first-order valence-corrected chi connectivity index (χ1v) is 8.33. The molecule has 0 heterocycles. The minimum atomic E-state index is -0.989. The molecule has 2 atom stereocenters. The summed E-state index contributed by atoms with van der Waals surface area (Å²) in [5.41, 5.74) is 0. The largest absolute Gasteiger partial charge is 0.480 e. The van der Waals surface area contributed by atoms with Gasteiger partial charge in [-0.25, -0.2) is 9.59 Å². The molecule has 0 saturated heterocycles. The maximum Gasteiger partial charge on any atom is 0.326 e. The molecule has 0 bridgehead atoms. The number of hydrogen-bond acceptors (Lipinski definition) is 4. The number of nitrogens with zero attached hydrogens (tertiary/aromatic N) is 1. The molecule has 7 heteroatoms. The van der Waals surface area contributed by atoms with Crippen LogP contribution in [0.1, 0.15) is 26.2 Å². The summed E-state index contributed by atoms with van der Waals surface area (Å²) in [4.78, 5) is 25.0. The molecule has 0 spiro atoms. The van der Waals surface area contributed by atoms with Gasteiger partial charge in [-0.2, -0.15) is 11.8 Å². The van der Waals surface area contributed by atoms with Gasteiger partial charge in [0.2, 0.25) is 0 Å². The summed E-state index contributed by atoms with van der Waals surface area (Å²) in [5.74, 6) is -0.282. The quantitative estimate of drug-likeness (QED) is 0.591. The number of carboxylic acids is 1. The normalized spacial score (nSPS) is 17.6. The first-order valence-electron chi connectivity index (χ1n) is 6.93. The number of likely N-dealkylation sites (N-methyl/N-ethyl adjacent to an activating group) is 1. The van der Waals surface area contributed by atoms with E-state index in [0.717, 1.165) is 0 Å².